The van der Waals surface area contributed by atoms with Crippen molar-refractivity contribution in [3.63, 3.8) is 0 Å². The van der Waals surface area contributed by atoms with Gasteiger partial charge in [-0.2, -0.15) is 0 Å². The Balaban J connectivity index is 1.52. The molecule has 0 unspecified atom stereocenters. The van der Waals surface area contributed by atoms with Gasteiger partial charge in [-0.3, -0.25) is 9.69 Å². The fourth-order valence-electron chi connectivity index (χ4n) is 4.03. The predicted octanol–water partition coefficient (Wildman–Crippen LogP) is 1.87. The second-order valence-electron chi connectivity index (χ2n) is 7.68. The zero-order valence-corrected chi connectivity index (χ0v) is 17.2. The maximum atomic E-state index is 12.8. The second-order valence-corrected chi connectivity index (χ2v) is 9.98. The number of sulfone groups is 1. The Morgan fingerprint density at radius 3 is 2.22 bits per heavy atom. The lowest BCUT2D eigenvalue weighted by Gasteiger charge is -2.40. The molecule has 0 radical (unpaired) electrons. The molecule has 6 nitrogen and oxygen atoms in total. The molecule has 1 aromatic rings. The molecule has 2 fully saturated rings. The highest BCUT2D eigenvalue weighted by Gasteiger charge is 2.31. The Morgan fingerprint density at radius 2 is 1.67 bits per heavy atom. The van der Waals surface area contributed by atoms with Crippen molar-refractivity contribution in [1.82, 2.24) is 9.80 Å². The summed E-state index contributed by atoms with van der Waals surface area (Å²) < 4.78 is 23.2. The third-order valence-corrected chi connectivity index (χ3v) is 7.37. The van der Waals surface area contributed by atoms with Crippen LogP contribution in [0.5, 0.6) is 0 Å². The molecular formula is C20H31N3O3S. The van der Waals surface area contributed by atoms with E-state index in [2.05, 4.69) is 23.8 Å². The predicted molar refractivity (Wildman–Crippen MR) is 109 cm³/mol. The van der Waals surface area contributed by atoms with Crippen LogP contribution in [0.25, 0.3) is 0 Å². The summed E-state index contributed by atoms with van der Waals surface area (Å²) >= 11 is 0. The van der Waals surface area contributed by atoms with E-state index in [1.54, 1.807) is 0 Å². The summed E-state index contributed by atoms with van der Waals surface area (Å²) in [6, 6.07) is 8.28. The third kappa shape index (κ3) is 5.02. The molecule has 3 rings (SSSR count). The number of piperidine rings is 1. The Hall–Kier alpha value is -1.60. The van der Waals surface area contributed by atoms with E-state index < -0.39 is 9.84 Å². The molecule has 0 bridgehead atoms. The Bertz CT molecular complexity index is 726. The quantitative estimate of drug-likeness (QED) is 0.764. The molecule has 2 aliphatic heterocycles. The van der Waals surface area contributed by atoms with Gasteiger partial charge in [-0.15, -0.1) is 0 Å². The van der Waals surface area contributed by atoms with Gasteiger partial charge in [0.05, 0.1) is 11.5 Å². The number of anilines is 1. The van der Waals surface area contributed by atoms with Crippen LogP contribution in [0.4, 0.5) is 5.69 Å². The lowest BCUT2D eigenvalue weighted by molar-refractivity contribution is 0.0629. The van der Waals surface area contributed by atoms with Crippen molar-refractivity contribution in [1.29, 1.82) is 0 Å². The molecule has 0 aliphatic carbocycles. The first-order chi connectivity index (χ1) is 12.9. The number of benzene rings is 1. The average Bonchev–Trinajstić information content (AvgIpc) is 2.68. The minimum absolute atomic E-state index is 0.0966. The topological polar surface area (TPSA) is 60.9 Å². The van der Waals surface area contributed by atoms with Crippen LogP contribution in [0.3, 0.4) is 0 Å². The zero-order chi connectivity index (χ0) is 19.4. The van der Waals surface area contributed by atoms with Crippen LogP contribution >= 0.6 is 0 Å². The van der Waals surface area contributed by atoms with Gasteiger partial charge in [0, 0.05) is 57.1 Å². The number of nitrogens with zero attached hydrogens (tertiary/aromatic N) is 3. The Kier molecular flexibility index (Phi) is 6.42. The zero-order valence-electron chi connectivity index (χ0n) is 16.4. The van der Waals surface area contributed by atoms with Crippen molar-refractivity contribution >= 4 is 21.4 Å². The Morgan fingerprint density at radius 1 is 1.07 bits per heavy atom. The fraction of sp³-hybridized carbons (Fsp3) is 0.650. The van der Waals surface area contributed by atoms with Crippen molar-refractivity contribution < 1.29 is 13.2 Å². The number of carbonyl (C=O) groups excluding carboxylic acids is 1. The van der Waals surface area contributed by atoms with Gasteiger partial charge in [-0.1, -0.05) is 6.92 Å². The van der Waals surface area contributed by atoms with Crippen LogP contribution in [0.15, 0.2) is 24.3 Å². The monoisotopic (exact) mass is 393 g/mol. The molecule has 0 saturated carbocycles. The summed E-state index contributed by atoms with van der Waals surface area (Å²) in [4.78, 5) is 19.2. The van der Waals surface area contributed by atoms with Gasteiger partial charge in [-0.05, 0) is 43.5 Å². The summed E-state index contributed by atoms with van der Waals surface area (Å²) in [6.45, 7) is 5.90. The maximum Gasteiger partial charge on any atom is 0.253 e. The maximum absolute atomic E-state index is 12.8. The molecule has 0 N–H and O–H groups in total. The van der Waals surface area contributed by atoms with Crippen LogP contribution < -0.4 is 4.90 Å². The van der Waals surface area contributed by atoms with E-state index >= 15 is 0 Å². The van der Waals surface area contributed by atoms with Crippen LogP contribution in [0.1, 0.15) is 36.5 Å². The molecule has 2 saturated heterocycles. The first-order valence-corrected chi connectivity index (χ1v) is 11.8. The van der Waals surface area contributed by atoms with Crippen molar-refractivity contribution in [2.75, 3.05) is 56.2 Å². The summed E-state index contributed by atoms with van der Waals surface area (Å²) in [7, 11) is -0.771. The van der Waals surface area contributed by atoms with Gasteiger partial charge in [-0.25, -0.2) is 8.42 Å². The first-order valence-electron chi connectivity index (χ1n) is 9.94. The molecule has 1 amide bonds. The molecule has 0 aromatic heterocycles. The molecular weight excluding hydrogens is 362 g/mol. The largest absolute Gasteiger partial charge is 0.375 e. The third-order valence-electron chi connectivity index (χ3n) is 5.76. The molecule has 7 heteroatoms. The van der Waals surface area contributed by atoms with E-state index in [1.165, 1.54) is 0 Å². The molecule has 150 valence electrons. The standard InChI is InChI=1S/C20H31N3O3S/c1-3-10-21(2)18-6-4-17(5-7-18)20(24)23-11-8-19(9-12-23)22-13-15-27(25,26)16-14-22/h4-7,19H,3,8-16H2,1-2H3. The summed E-state index contributed by atoms with van der Waals surface area (Å²) in [5, 5.41) is 0. The van der Waals surface area contributed by atoms with E-state index in [4.69, 9.17) is 0 Å². The molecule has 2 heterocycles. The number of carbonyl (C=O) groups is 1. The van der Waals surface area contributed by atoms with Crippen LogP contribution in [-0.2, 0) is 9.84 Å². The van der Waals surface area contributed by atoms with Crippen molar-refractivity contribution in [2.24, 2.45) is 0 Å². The first kappa shape index (κ1) is 20.1. The number of hydrogen-bond donors (Lipinski definition) is 0. The highest BCUT2D eigenvalue weighted by Crippen LogP contribution is 2.21. The molecule has 2 aliphatic rings. The highest BCUT2D eigenvalue weighted by atomic mass is 32.2. The molecule has 0 atom stereocenters. The van der Waals surface area contributed by atoms with Gasteiger partial charge >= 0.3 is 0 Å². The van der Waals surface area contributed by atoms with Crippen molar-refractivity contribution in [3.8, 4) is 0 Å². The van der Waals surface area contributed by atoms with E-state index in [1.807, 2.05) is 29.2 Å². The van der Waals surface area contributed by atoms with Gasteiger partial charge in [0.1, 0.15) is 0 Å². The van der Waals surface area contributed by atoms with E-state index in [-0.39, 0.29) is 17.4 Å². The minimum Gasteiger partial charge on any atom is -0.375 e. The van der Waals surface area contributed by atoms with Crippen LogP contribution in [0.2, 0.25) is 0 Å². The second kappa shape index (κ2) is 8.61. The highest BCUT2D eigenvalue weighted by molar-refractivity contribution is 7.91. The molecule has 1 aromatic carbocycles. The smallest absolute Gasteiger partial charge is 0.253 e. The average molecular weight is 394 g/mol. The Labute approximate surface area is 163 Å². The number of amides is 1. The number of likely N-dealkylation sites (tertiary alicyclic amines) is 1. The van der Waals surface area contributed by atoms with Gasteiger partial charge in [0.25, 0.3) is 5.91 Å². The molecule has 27 heavy (non-hydrogen) atoms. The van der Waals surface area contributed by atoms with Crippen LogP contribution in [-0.4, -0.2) is 81.4 Å². The van der Waals surface area contributed by atoms with Crippen LogP contribution in [0, 0.1) is 0 Å². The van der Waals surface area contributed by atoms with Crippen molar-refractivity contribution in [2.45, 2.75) is 32.2 Å². The summed E-state index contributed by atoms with van der Waals surface area (Å²) in [5.41, 5.74) is 1.87. The van der Waals surface area contributed by atoms with E-state index in [0.717, 1.165) is 50.1 Å². The lowest BCUT2D eigenvalue weighted by Crippen LogP contribution is -2.51. The number of hydrogen-bond acceptors (Lipinski definition) is 5. The van der Waals surface area contributed by atoms with Crippen molar-refractivity contribution in [3.05, 3.63) is 29.8 Å². The van der Waals surface area contributed by atoms with Gasteiger partial charge < -0.3 is 9.80 Å². The minimum atomic E-state index is -2.84. The van der Waals surface area contributed by atoms with Gasteiger partial charge in [0.2, 0.25) is 0 Å². The normalized spacial score (nSPS) is 21.2. The van der Waals surface area contributed by atoms with E-state index in [0.29, 0.717) is 19.1 Å². The number of rotatable bonds is 5. The molecule has 0 spiro atoms. The SMILES string of the molecule is CCCN(C)c1ccc(C(=O)N2CCC(N3CCS(=O)(=O)CC3)CC2)cc1. The lowest BCUT2D eigenvalue weighted by atomic mass is 10.0. The summed E-state index contributed by atoms with van der Waals surface area (Å²) in [6.07, 6.45) is 2.93. The fourth-order valence-corrected chi connectivity index (χ4v) is 5.26. The van der Waals surface area contributed by atoms with Gasteiger partial charge in [0.15, 0.2) is 9.84 Å². The van der Waals surface area contributed by atoms with E-state index in [9.17, 15) is 13.2 Å². The summed E-state index contributed by atoms with van der Waals surface area (Å²) in [5.74, 6) is 0.634.